The summed E-state index contributed by atoms with van der Waals surface area (Å²) < 4.78 is 0. The molecule has 4 nitrogen and oxygen atoms in total. The number of nitrogens with one attached hydrogen (secondary N) is 4. The highest BCUT2D eigenvalue weighted by Gasteiger charge is 2.52. The van der Waals surface area contributed by atoms with Crippen LogP contribution in [0.4, 0.5) is 0 Å². The van der Waals surface area contributed by atoms with E-state index in [4.69, 9.17) is 0 Å². The van der Waals surface area contributed by atoms with Crippen LogP contribution in [0.15, 0.2) is 22.4 Å². The lowest BCUT2D eigenvalue weighted by molar-refractivity contribution is 0.281. The highest BCUT2D eigenvalue weighted by atomic mass is 31.1. The first-order chi connectivity index (χ1) is 16.8. The lowest BCUT2D eigenvalue weighted by atomic mass is 9.80. The number of hydrogen-bond acceptors (Lipinski definition) is 4. The average Bonchev–Trinajstić information content (AvgIpc) is 3.17. The summed E-state index contributed by atoms with van der Waals surface area (Å²) >= 11 is 0. The molecule has 37 heavy (non-hydrogen) atoms. The van der Waals surface area contributed by atoms with Gasteiger partial charge in [-0.1, -0.05) is 106 Å². The SMILES string of the molecule is CC(C)(C)P(CC1=C(C(P)(C2CNCCN2)C2CNCCN2)C=C([Si](C)(C)C)C1[Si](C)(C)C)C(C)(C)C. The maximum absolute atomic E-state index is 3.99. The predicted octanol–water partition coefficient (Wildman–Crippen LogP) is 5.62. The standard InChI is InChI=1S/C29H60N4P2Si2/c1-27(2,3)35(28(4,5)6)20-21-22(17-23(36(7,8)9)26(21)37(10,11)12)29(34,24-18-30-13-15-32-24)25-19-31-14-16-33-25/h17,24-26,30-33H,13-16,18-20,34H2,1-12H3. The molecule has 0 bridgehead atoms. The Morgan fingerprint density at radius 3 is 1.59 bits per heavy atom. The molecule has 4 N–H and O–H groups in total. The first-order valence-electron chi connectivity index (χ1n) is 14.7. The van der Waals surface area contributed by atoms with Crippen molar-refractivity contribution in [3.63, 3.8) is 0 Å². The lowest BCUT2D eigenvalue weighted by Crippen LogP contribution is -2.68. The smallest absolute Gasteiger partial charge is 0.0728 e. The summed E-state index contributed by atoms with van der Waals surface area (Å²) in [6.45, 7) is 37.0. The van der Waals surface area contributed by atoms with Crippen LogP contribution in [0.1, 0.15) is 41.5 Å². The molecule has 8 heteroatoms. The van der Waals surface area contributed by atoms with E-state index < -0.39 is 16.1 Å². The van der Waals surface area contributed by atoms with Crippen molar-refractivity contribution in [1.82, 2.24) is 21.3 Å². The fourth-order valence-electron chi connectivity index (χ4n) is 7.14. The van der Waals surface area contributed by atoms with Gasteiger partial charge < -0.3 is 21.3 Å². The molecule has 0 radical (unpaired) electrons. The van der Waals surface area contributed by atoms with Gasteiger partial charge in [-0.05, 0) is 27.6 Å². The first kappa shape index (κ1) is 32.1. The molecule has 0 saturated carbocycles. The molecule has 0 aromatic rings. The predicted molar refractivity (Wildman–Crippen MR) is 179 cm³/mol. The minimum Gasteiger partial charge on any atom is -0.314 e. The molecule has 3 rings (SSSR count). The summed E-state index contributed by atoms with van der Waals surface area (Å²) in [7, 11) is 0.214. The topological polar surface area (TPSA) is 48.1 Å². The Hall–Kier alpha value is 0.614. The molecule has 0 amide bonds. The molecule has 3 aliphatic rings. The Bertz CT molecular complexity index is 830. The van der Waals surface area contributed by atoms with Crippen molar-refractivity contribution in [1.29, 1.82) is 0 Å². The van der Waals surface area contributed by atoms with E-state index in [0.717, 1.165) is 39.3 Å². The van der Waals surface area contributed by atoms with E-state index in [1.54, 1.807) is 5.57 Å². The Morgan fingerprint density at radius 1 is 0.811 bits per heavy atom. The largest absolute Gasteiger partial charge is 0.314 e. The van der Waals surface area contributed by atoms with Crippen molar-refractivity contribution in [2.75, 3.05) is 45.4 Å². The van der Waals surface area contributed by atoms with E-state index in [9.17, 15) is 0 Å². The van der Waals surface area contributed by atoms with Gasteiger partial charge in [-0.15, -0.1) is 9.24 Å². The van der Waals surface area contributed by atoms with Gasteiger partial charge in [0.25, 0.3) is 0 Å². The van der Waals surface area contributed by atoms with Crippen LogP contribution in [0.2, 0.25) is 44.8 Å². The maximum atomic E-state index is 3.99. The van der Waals surface area contributed by atoms with E-state index in [2.05, 4.69) is 117 Å². The minimum atomic E-state index is -1.53. The Morgan fingerprint density at radius 2 is 1.27 bits per heavy atom. The molecule has 2 saturated heterocycles. The lowest BCUT2D eigenvalue weighted by Gasteiger charge is -2.50. The molecule has 0 aromatic carbocycles. The molecular weight excluding hydrogens is 522 g/mol. The van der Waals surface area contributed by atoms with Crippen LogP contribution < -0.4 is 21.3 Å². The van der Waals surface area contributed by atoms with E-state index in [-0.39, 0.29) is 13.1 Å². The number of hydrogen-bond donors (Lipinski definition) is 4. The summed E-state index contributed by atoms with van der Waals surface area (Å²) in [5, 5.41) is 17.9. The van der Waals surface area contributed by atoms with Crippen molar-refractivity contribution in [3.8, 4) is 0 Å². The van der Waals surface area contributed by atoms with Crippen LogP contribution in [-0.2, 0) is 0 Å². The van der Waals surface area contributed by atoms with Crippen molar-refractivity contribution in [3.05, 3.63) is 22.4 Å². The molecule has 0 aromatic heterocycles. The minimum absolute atomic E-state index is 0.0494. The summed E-state index contributed by atoms with van der Waals surface area (Å²) in [6, 6.07) is 0.785. The van der Waals surface area contributed by atoms with Gasteiger partial charge in [0.2, 0.25) is 0 Å². The van der Waals surface area contributed by atoms with E-state index in [1.165, 1.54) is 6.16 Å². The Kier molecular flexibility index (Phi) is 9.97. The molecule has 4 unspecified atom stereocenters. The molecule has 2 heterocycles. The summed E-state index contributed by atoms with van der Waals surface area (Å²) in [6.07, 6.45) is 4.05. The van der Waals surface area contributed by atoms with Crippen LogP contribution >= 0.6 is 17.2 Å². The molecule has 2 aliphatic heterocycles. The second-order valence-corrected chi connectivity index (χ2v) is 31.1. The van der Waals surface area contributed by atoms with Crippen molar-refractivity contribution >= 4 is 33.3 Å². The third-order valence-corrected chi connectivity index (χ3v) is 18.5. The van der Waals surface area contributed by atoms with Crippen LogP contribution in [0.3, 0.4) is 0 Å². The van der Waals surface area contributed by atoms with Gasteiger partial charge in [0.05, 0.1) is 16.1 Å². The first-order valence-corrected chi connectivity index (χ1v) is 23.9. The van der Waals surface area contributed by atoms with Gasteiger partial charge in [0.15, 0.2) is 0 Å². The van der Waals surface area contributed by atoms with Crippen LogP contribution in [0, 0.1) is 0 Å². The number of rotatable bonds is 7. The quantitative estimate of drug-likeness (QED) is 0.232. The number of piperazine rings is 2. The molecule has 4 atom stereocenters. The zero-order valence-corrected chi connectivity index (χ0v) is 30.3. The van der Waals surface area contributed by atoms with E-state index in [1.807, 2.05) is 10.8 Å². The fourth-order valence-corrected chi connectivity index (χ4v) is 18.2. The van der Waals surface area contributed by atoms with Gasteiger partial charge in [-0.3, -0.25) is 0 Å². The molecular formula is C29H60N4P2Si2. The van der Waals surface area contributed by atoms with Crippen molar-refractivity contribution < 1.29 is 0 Å². The summed E-state index contributed by atoms with van der Waals surface area (Å²) in [5.41, 5.74) is 4.16. The molecule has 1 aliphatic carbocycles. The highest BCUT2D eigenvalue weighted by Crippen LogP contribution is 2.64. The molecule has 2 fully saturated rings. The van der Waals surface area contributed by atoms with Gasteiger partial charge >= 0.3 is 0 Å². The third kappa shape index (κ3) is 7.10. The Balaban J connectivity index is 2.31. The van der Waals surface area contributed by atoms with Crippen LogP contribution in [0.5, 0.6) is 0 Å². The maximum Gasteiger partial charge on any atom is 0.0728 e. The number of allylic oxidation sites excluding steroid dienone is 3. The third-order valence-electron chi connectivity index (χ3n) is 8.69. The van der Waals surface area contributed by atoms with Crippen LogP contribution in [-0.4, -0.2) is 89.1 Å². The van der Waals surface area contributed by atoms with E-state index in [0.29, 0.717) is 27.9 Å². The monoisotopic (exact) mass is 582 g/mol. The normalized spacial score (nSPS) is 28.5. The molecule has 214 valence electrons. The Labute approximate surface area is 235 Å². The second-order valence-electron chi connectivity index (χ2n) is 15.9. The van der Waals surface area contributed by atoms with Gasteiger partial charge in [0, 0.05) is 56.5 Å². The zero-order chi connectivity index (χ0) is 28.0. The zero-order valence-electron chi connectivity index (χ0n) is 26.3. The summed E-state index contributed by atoms with van der Waals surface area (Å²) in [5.74, 6) is 0. The van der Waals surface area contributed by atoms with Crippen molar-refractivity contribution in [2.45, 2.75) is 114 Å². The van der Waals surface area contributed by atoms with Gasteiger partial charge in [-0.25, -0.2) is 0 Å². The van der Waals surface area contributed by atoms with E-state index >= 15 is 0 Å². The van der Waals surface area contributed by atoms with Gasteiger partial charge in [-0.2, -0.15) is 0 Å². The van der Waals surface area contributed by atoms with Crippen LogP contribution in [0.25, 0.3) is 0 Å². The molecule has 0 spiro atoms. The van der Waals surface area contributed by atoms with Crippen molar-refractivity contribution in [2.24, 2.45) is 0 Å². The van der Waals surface area contributed by atoms with Gasteiger partial charge in [0.1, 0.15) is 0 Å². The second kappa shape index (κ2) is 11.5. The summed E-state index contributed by atoms with van der Waals surface area (Å²) in [4.78, 5) is 0. The average molecular weight is 583 g/mol. The fraction of sp³-hybridized carbons (Fsp3) is 0.862. The highest BCUT2D eigenvalue weighted by molar-refractivity contribution is 7.61.